The van der Waals surface area contributed by atoms with Crippen molar-refractivity contribution in [1.82, 2.24) is 5.32 Å². The first-order valence-corrected chi connectivity index (χ1v) is 12.8. The summed E-state index contributed by atoms with van der Waals surface area (Å²) in [4.78, 5) is 23.8. The van der Waals surface area contributed by atoms with E-state index in [0.29, 0.717) is 54.5 Å². The second-order valence-electron chi connectivity index (χ2n) is 10.5. The third kappa shape index (κ3) is 7.50. The van der Waals surface area contributed by atoms with Gasteiger partial charge in [0.1, 0.15) is 12.1 Å². The monoisotopic (exact) mass is 449 g/mol. The van der Waals surface area contributed by atoms with Gasteiger partial charge in [-0.3, -0.25) is 9.59 Å². The molecule has 184 valence electrons. The molecule has 0 amide bonds. The lowest BCUT2D eigenvalue weighted by atomic mass is 9.60. The number of nitrogens with one attached hydrogen (secondary N) is 1. The van der Waals surface area contributed by atoms with Gasteiger partial charge in [0.05, 0.1) is 18.3 Å². The number of rotatable bonds is 11. The Balaban J connectivity index is 0.000000636. The Hall–Kier alpha value is -1.04. The van der Waals surface area contributed by atoms with Crippen molar-refractivity contribution in [3.05, 3.63) is 11.6 Å². The Labute approximate surface area is 196 Å². The van der Waals surface area contributed by atoms with Crippen LogP contribution in [0, 0.1) is 23.7 Å². The van der Waals surface area contributed by atoms with E-state index in [9.17, 15) is 9.59 Å². The van der Waals surface area contributed by atoms with Crippen LogP contribution in [-0.4, -0.2) is 50.6 Å². The summed E-state index contributed by atoms with van der Waals surface area (Å²) in [7, 11) is 3.64. The molecule has 2 aliphatic carbocycles. The molecular formula is C27H47NO4. The van der Waals surface area contributed by atoms with E-state index in [0.717, 1.165) is 44.4 Å². The van der Waals surface area contributed by atoms with Crippen molar-refractivity contribution in [3.8, 4) is 0 Å². The molecular weight excluding hydrogens is 402 g/mol. The van der Waals surface area contributed by atoms with Gasteiger partial charge in [-0.05, 0) is 88.7 Å². The average molecular weight is 450 g/mol. The van der Waals surface area contributed by atoms with Crippen molar-refractivity contribution >= 4 is 12.1 Å². The van der Waals surface area contributed by atoms with Gasteiger partial charge in [0.25, 0.3) is 0 Å². The molecule has 5 atom stereocenters. The molecule has 3 rings (SSSR count). The number of aldehydes is 1. The highest BCUT2D eigenvalue weighted by atomic mass is 16.5. The van der Waals surface area contributed by atoms with Crippen molar-refractivity contribution in [2.24, 2.45) is 23.7 Å². The molecule has 1 saturated heterocycles. The van der Waals surface area contributed by atoms with E-state index in [-0.39, 0.29) is 11.7 Å². The molecule has 1 heterocycles. The third-order valence-electron chi connectivity index (χ3n) is 7.83. The Bertz CT molecular complexity index is 627. The number of hydrogen-bond acceptors (Lipinski definition) is 5. The SMILES string of the molecule is CCCC(=O)CCC1C(C(C)C)CCC2(C)OC(/C(C=O)=C/COC)CC12.CNC1CC1. The predicted molar refractivity (Wildman–Crippen MR) is 130 cm³/mol. The van der Waals surface area contributed by atoms with E-state index in [1.54, 1.807) is 7.11 Å². The summed E-state index contributed by atoms with van der Waals surface area (Å²) in [6.45, 7) is 9.32. The Kier molecular flexibility index (Phi) is 11.1. The summed E-state index contributed by atoms with van der Waals surface area (Å²) in [6.07, 6.45) is 11.7. The van der Waals surface area contributed by atoms with Crippen LogP contribution in [0.5, 0.6) is 0 Å². The summed E-state index contributed by atoms with van der Waals surface area (Å²) in [5.41, 5.74) is 0.512. The molecule has 5 heteroatoms. The Morgan fingerprint density at radius 2 is 1.97 bits per heavy atom. The first-order valence-electron chi connectivity index (χ1n) is 12.8. The summed E-state index contributed by atoms with van der Waals surface area (Å²) in [5.74, 6) is 2.52. The van der Waals surface area contributed by atoms with E-state index >= 15 is 0 Å². The number of methoxy groups -OCH3 is 1. The molecule has 5 unspecified atom stereocenters. The summed E-state index contributed by atoms with van der Waals surface area (Å²) >= 11 is 0. The fourth-order valence-electron chi connectivity index (χ4n) is 5.76. The smallest absolute Gasteiger partial charge is 0.148 e. The molecule has 1 N–H and O–H groups in total. The lowest BCUT2D eigenvalue weighted by molar-refractivity contribution is -0.121. The summed E-state index contributed by atoms with van der Waals surface area (Å²) in [6, 6.07) is 0.884. The molecule has 0 spiro atoms. The van der Waals surface area contributed by atoms with Crippen LogP contribution < -0.4 is 5.32 Å². The maximum atomic E-state index is 12.2. The molecule has 0 bridgehead atoms. The van der Waals surface area contributed by atoms with Crippen LogP contribution in [0.1, 0.15) is 85.5 Å². The number of Topliss-reactive ketones (excluding diaryl/α,β-unsaturated/α-hetero) is 1. The lowest BCUT2D eigenvalue weighted by Gasteiger charge is -2.47. The van der Waals surface area contributed by atoms with Gasteiger partial charge in [0.15, 0.2) is 0 Å². The van der Waals surface area contributed by atoms with Crippen LogP contribution in [-0.2, 0) is 19.1 Å². The largest absolute Gasteiger partial charge is 0.381 e. The van der Waals surface area contributed by atoms with E-state index < -0.39 is 0 Å². The van der Waals surface area contributed by atoms with E-state index in [2.05, 4.69) is 33.0 Å². The maximum Gasteiger partial charge on any atom is 0.148 e. The second-order valence-corrected chi connectivity index (χ2v) is 10.5. The number of ketones is 1. The van der Waals surface area contributed by atoms with Gasteiger partial charge in [-0.25, -0.2) is 0 Å². The zero-order valence-corrected chi connectivity index (χ0v) is 21.3. The van der Waals surface area contributed by atoms with Crippen LogP contribution in [0.15, 0.2) is 11.6 Å². The molecule has 3 fully saturated rings. The zero-order chi connectivity index (χ0) is 23.7. The highest BCUT2D eigenvalue weighted by Gasteiger charge is 2.53. The number of hydrogen-bond donors (Lipinski definition) is 1. The minimum absolute atomic E-state index is 0.146. The summed E-state index contributed by atoms with van der Waals surface area (Å²) < 4.78 is 11.6. The fourth-order valence-corrected chi connectivity index (χ4v) is 5.76. The van der Waals surface area contributed by atoms with Crippen LogP contribution in [0.2, 0.25) is 0 Å². The van der Waals surface area contributed by atoms with Crippen LogP contribution in [0.25, 0.3) is 0 Å². The van der Waals surface area contributed by atoms with Gasteiger partial charge in [-0.1, -0.05) is 20.8 Å². The first-order chi connectivity index (χ1) is 15.3. The topological polar surface area (TPSA) is 64.6 Å². The second kappa shape index (κ2) is 13.0. The molecule has 0 aromatic carbocycles. The van der Waals surface area contributed by atoms with Crippen molar-refractivity contribution in [3.63, 3.8) is 0 Å². The maximum absolute atomic E-state index is 12.2. The van der Waals surface area contributed by atoms with Gasteiger partial charge in [0, 0.05) is 31.6 Å². The van der Waals surface area contributed by atoms with Gasteiger partial charge in [-0.2, -0.15) is 0 Å². The van der Waals surface area contributed by atoms with Gasteiger partial charge < -0.3 is 14.8 Å². The number of carbonyl (C=O) groups excluding carboxylic acids is 2. The van der Waals surface area contributed by atoms with Crippen molar-refractivity contribution < 1.29 is 19.1 Å². The average Bonchev–Trinajstić information content (AvgIpc) is 3.53. The molecule has 32 heavy (non-hydrogen) atoms. The number of carbonyl (C=O) groups is 2. The van der Waals surface area contributed by atoms with Gasteiger partial charge in [-0.15, -0.1) is 0 Å². The summed E-state index contributed by atoms with van der Waals surface area (Å²) in [5, 5.41) is 3.14. The lowest BCUT2D eigenvalue weighted by Crippen LogP contribution is -2.45. The third-order valence-corrected chi connectivity index (χ3v) is 7.83. The molecule has 1 aliphatic heterocycles. The van der Waals surface area contributed by atoms with Gasteiger partial charge in [0.2, 0.25) is 0 Å². The predicted octanol–water partition coefficient (Wildman–Crippen LogP) is 5.12. The first kappa shape index (κ1) is 27.2. The molecule has 3 aliphatic rings. The Morgan fingerprint density at radius 3 is 2.47 bits per heavy atom. The number of fused-ring (bicyclic) bond motifs is 1. The van der Waals surface area contributed by atoms with Crippen molar-refractivity contribution in [2.75, 3.05) is 20.8 Å². The normalized spacial score (nSPS) is 32.3. The highest BCUT2D eigenvalue weighted by molar-refractivity contribution is 5.78. The highest BCUT2D eigenvalue weighted by Crippen LogP contribution is 2.54. The minimum atomic E-state index is -0.191. The molecule has 2 saturated carbocycles. The van der Waals surface area contributed by atoms with Crippen LogP contribution in [0.3, 0.4) is 0 Å². The van der Waals surface area contributed by atoms with Crippen molar-refractivity contribution in [2.45, 2.75) is 103 Å². The zero-order valence-electron chi connectivity index (χ0n) is 21.3. The van der Waals surface area contributed by atoms with Crippen LogP contribution in [0.4, 0.5) is 0 Å². The molecule has 0 aromatic heterocycles. The number of ether oxygens (including phenoxy) is 2. The van der Waals surface area contributed by atoms with E-state index in [4.69, 9.17) is 9.47 Å². The van der Waals surface area contributed by atoms with Gasteiger partial charge >= 0.3 is 0 Å². The Morgan fingerprint density at radius 1 is 1.25 bits per heavy atom. The van der Waals surface area contributed by atoms with E-state index in [1.165, 1.54) is 12.8 Å². The molecule has 0 radical (unpaired) electrons. The molecule has 5 nitrogen and oxygen atoms in total. The fraction of sp³-hybridized carbons (Fsp3) is 0.852. The minimum Gasteiger partial charge on any atom is -0.381 e. The molecule has 0 aromatic rings. The standard InChI is InChI=1S/C23H38O4.C4H9N/c1-6-7-18(25)8-9-20-19(16(2)3)10-12-23(4)21(20)14-22(27-23)17(15-24)11-13-26-5;1-5-4-2-3-4/h11,15-16,19-22H,6-10,12-14H2,1-5H3;4-5H,2-3H2,1H3/b17-11+;. The van der Waals surface area contributed by atoms with Crippen molar-refractivity contribution in [1.29, 1.82) is 0 Å². The van der Waals surface area contributed by atoms with Crippen LogP contribution >= 0.6 is 0 Å². The quantitative estimate of drug-likeness (QED) is 0.350. The van der Waals surface area contributed by atoms with E-state index in [1.807, 2.05) is 13.1 Å².